The smallest absolute Gasteiger partial charge is 0.338 e. The summed E-state index contributed by atoms with van der Waals surface area (Å²) in [5.41, 5.74) is 1.39. The zero-order valence-corrected chi connectivity index (χ0v) is 14.0. The Morgan fingerprint density at radius 2 is 2.12 bits per heavy atom. The number of carbonyl (C=O) groups is 2. The molecule has 7 heteroatoms. The maximum atomic E-state index is 12.4. The van der Waals surface area contributed by atoms with E-state index in [9.17, 15) is 14.7 Å². The van der Waals surface area contributed by atoms with E-state index >= 15 is 0 Å². The molecular formula is C17H22N2O5. The summed E-state index contributed by atoms with van der Waals surface area (Å²) in [6.45, 7) is 3.98. The number of hydrogen-bond donors (Lipinski definition) is 3. The van der Waals surface area contributed by atoms with Crippen molar-refractivity contribution < 1.29 is 24.2 Å². The molecule has 1 aliphatic heterocycles. The number of unbranched alkanes of at least 4 members (excludes halogenated alkanes) is 1. The van der Waals surface area contributed by atoms with E-state index in [0.717, 1.165) is 12.8 Å². The molecule has 24 heavy (non-hydrogen) atoms. The van der Waals surface area contributed by atoms with Gasteiger partial charge in [-0.2, -0.15) is 0 Å². The fourth-order valence-electron chi connectivity index (χ4n) is 2.48. The van der Waals surface area contributed by atoms with Gasteiger partial charge in [-0.1, -0.05) is 19.4 Å². The number of urea groups is 1. The predicted octanol–water partition coefficient (Wildman–Crippen LogP) is 2.37. The number of nitrogens with one attached hydrogen (secondary N) is 2. The summed E-state index contributed by atoms with van der Waals surface area (Å²) < 4.78 is 10.4. The van der Waals surface area contributed by atoms with E-state index in [0.29, 0.717) is 23.4 Å². The van der Waals surface area contributed by atoms with Crippen LogP contribution in [0.3, 0.4) is 0 Å². The molecule has 1 aromatic carbocycles. The van der Waals surface area contributed by atoms with Crippen LogP contribution in [0.2, 0.25) is 0 Å². The average Bonchev–Trinajstić information content (AvgIpc) is 2.54. The van der Waals surface area contributed by atoms with Crippen LogP contribution in [-0.4, -0.2) is 30.8 Å². The molecule has 1 atom stereocenters. The Morgan fingerprint density at radius 1 is 1.38 bits per heavy atom. The van der Waals surface area contributed by atoms with E-state index in [-0.39, 0.29) is 11.5 Å². The van der Waals surface area contributed by atoms with Gasteiger partial charge in [-0.25, -0.2) is 9.59 Å². The lowest BCUT2D eigenvalue weighted by atomic mass is 9.95. The molecule has 1 heterocycles. The van der Waals surface area contributed by atoms with Gasteiger partial charge in [0, 0.05) is 5.70 Å². The van der Waals surface area contributed by atoms with Gasteiger partial charge in [-0.05, 0) is 31.0 Å². The van der Waals surface area contributed by atoms with Crippen LogP contribution in [0.1, 0.15) is 38.3 Å². The van der Waals surface area contributed by atoms with E-state index < -0.39 is 18.0 Å². The minimum absolute atomic E-state index is 0.0192. The molecule has 7 nitrogen and oxygen atoms in total. The zero-order chi connectivity index (χ0) is 17.7. The lowest BCUT2D eigenvalue weighted by molar-refractivity contribution is -0.139. The van der Waals surface area contributed by atoms with Gasteiger partial charge in [0.2, 0.25) is 0 Å². The lowest BCUT2D eigenvalue weighted by Crippen LogP contribution is -2.45. The molecular weight excluding hydrogens is 312 g/mol. The quantitative estimate of drug-likeness (QED) is 0.548. The Kier molecular flexibility index (Phi) is 5.68. The van der Waals surface area contributed by atoms with Gasteiger partial charge in [-0.3, -0.25) is 0 Å². The number of aromatic hydroxyl groups is 1. The first-order valence-electron chi connectivity index (χ1n) is 7.80. The van der Waals surface area contributed by atoms with E-state index in [1.54, 1.807) is 19.1 Å². The number of carbonyl (C=O) groups excluding carboxylic acids is 2. The third kappa shape index (κ3) is 3.79. The molecule has 0 unspecified atom stereocenters. The monoisotopic (exact) mass is 334 g/mol. The third-order valence-corrected chi connectivity index (χ3v) is 3.76. The highest BCUT2D eigenvalue weighted by Crippen LogP contribution is 2.33. The second-order valence-electron chi connectivity index (χ2n) is 5.49. The van der Waals surface area contributed by atoms with Crippen molar-refractivity contribution in [2.75, 3.05) is 13.7 Å². The minimum atomic E-state index is -0.678. The molecule has 0 bridgehead atoms. The molecule has 0 saturated heterocycles. The maximum absolute atomic E-state index is 12.4. The van der Waals surface area contributed by atoms with Crippen LogP contribution < -0.4 is 15.4 Å². The number of methoxy groups -OCH3 is 1. The summed E-state index contributed by atoms with van der Waals surface area (Å²) in [6, 6.07) is 3.58. The van der Waals surface area contributed by atoms with Crippen molar-refractivity contribution >= 4 is 12.0 Å². The molecule has 130 valence electrons. The third-order valence-electron chi connectivity index (χ3n) is 3.76. The standard InChI is InChI=1S/C17H22N2O5/c1-4-5-8-24-16(21)14-10(2)18-17(22)19-15(14)11-6-7-12(20)13(9-11)23-3/h6-7,9,15,20H,4-5,8H2,1-3H3,(H2,18,19,22)/t15-/m0/s1. The molecule has 0 fully saturated rings. The van der Waals surface area contributed by atoms with Gasteiger partial charge in [0.15, 0.2) is 11.5 Å². The number of allylic oxidation sites excluding steroid dienone is 1. The Labute approximate surface area is 140 Å². The number of benzene rings is 1. The summed E-state index contributed by atoms with van der Waals surface area (Å²) >= 11 is 0. The maximum Gasteiger partial charge on any atom is 0.338 e. The summed E-state index contributed by atoms with van der Waals surface area (Å²) in [5.74, 6) is -0.239. The Balaban J connectivity index is 2.36. The number of phenols is 1. The highest BCUT2D eigenvalue weighted by Gasteiger charge is 2.32. The molecule has 2 rings (SSSR count). The van der Waals surface area contributed by atoms with Crippen molar-refractivity contribution in [1.82, 2.24) is 10.6 Å². The summed E-state index contributed by atoms with van der Waals surface area (Å²) in [6.07, 6.45) is 1.69. The summed E-state index contributed by atoms with van der Waals surface area (Å²) in [4.78, 5) is 24.3. The van der Waals surface area contributed by atoms with Crippen LogP contribution in [0.25, 0.3) is 0 Å². The van der Waals surface area contributed by atoms with Crippen molar-refractivity contribution in [3.8, 4) is 11.5 Å². The molecule has 0 saturated carbocycles. The summed E-state index contributed by atoms with van der Waals surface area (Å²) in [7, 11) is 1.43. The van der Waals surface area contributed by atoms with Crippen molar-refractivity contribution in [2.45, 2.75) is 32.7 Å². The number of rotatable bonds is 6. The zero-order valence-electron chi connectivity index (χ0n) is 14.0. The van der Waals surface area contributed by atoms with Crippen molar-refractivity contribution in [1.29, 1.82) is 0 Å². The predicted molar refractivity (Wildman–Crippen MR) is 87.6 cm³/mol. The van der Waals surface area contributed by atoms with E-state index in [2.05, 4.69) is 10.6 Å². The van der Waals surface area contributed by atoms with Gasteiger partial charge in [-0.15, -0.1) is 0 Å². The number of hydrogen-bond acceptors (Lipinski definition) is 5. The molecule has 0 aromatic heterocycles. The molecule has 1 aliphatic rings. The first-order chi connectivity index (χ1) is 11.5. The highest BCUT2D eigenvalue weighted by atomic mass is 16.5. The first kappa shape index (κ1) is 17.7. The first-order valence-corrected chi connectivity index (χ1v) is 7.80. The number of esters is 1. The summed E-state index contributed by atoms with van der Waals surface area (Å²) in [5, 5.41) is 15.0. The number of ether oxygens (including phenoxy) is 2. The molecule has 0 spiro atoms. The van der Waals surface area contributed by atoms with Crippen LogP contribution in [0, 0.1) is 0 Å². The molecule has 3 N–H and O–H groups in total. The fourth-order valence-corrected chi connectivity index (χ4v) is 2.48. The normalized spacial score (nSPS) is 17.1. The van der Waals surface area contributed by atoms with Crippen molar-refractivity contribution in [3.05, 3.63) is 35.0 Å². The second-order valence-corrected chi connectivity index (χ2v) is 5.49. The van der Waals surface area contributed by atoms with Crippen molar-refractivity contribution in [2.24, 2.45) is 0 Å². The van der Waals surface area contributed by atoms with Crippen LogP contribution in [0.5, 0.6) is 11.5 Å². The molecule has 0 aliphatic carbocycles. The van der Waals surface area contributed by atoms with Gasteiger partial charge < -0.3 is 25.2 Å². The topological polar surface area (TPSA) is 96.9 Å². The average molecular weight is 334 g/mol. The van der Waals surface area contributed by atoms with Crippen LogP contribution in [0.4, 0.5) is 4.79 Å². The minimum Gasteiger partial charge on any atom is -0.504 e. The van der Waals surface area contributed by atoms with Gasteiger partial charge in [0.05, 0.1) is 25.3 Å². The van der Waals surface area contributed by atoms with E-state index in [1.165, 1.54) is 13.2 Å². The largest absolute Gasteiger partial charge is 0.504 e. The number of phenolic OH excluding ortho intramolecular Hbond substituents is 1. The van der Waals surface area contributed by atoms with Gasteiger partial charge >= 0.3 is 12.0 Å². The Bertz CT molecular complexity index is 669. The fraction of sp³-hybridized carbons (Fsp3) is 0.412. The highest BCUT2D eigenvalue weighted by molar-refractivity contribution is 5.95. The Morgan fingerprint density at radius 3 is 2.79 bits per heavy atom. The Hall–Kier alpha value is -2.70. The van der Waals surface area contributed by atoms with Crippen molar-refractivity contribution in [3.63, 3.8) is 0 Å². The lowest BCUT2D eigenvalue weighted by Gasteiger charge is -2.28. The number of amides is 2. The molecule has 0 radical (unpaired) electrons. The van der Waals surface area contributed by atoms with Gasteiger partial charge in [0.1, 0.15) is 0 Å². The van der Waals surface area contributed by atoms with Gasteiger partial charge in [0.25, 0.3) is 0 Å². The molecule has 1 aromatic rings. The van der Waals surface area contributed by atoms with Crippen LogP contribution >= 0.6 is 0 Å². The second kappa shape index (κ2) is 7.72. The van der Waals surface area contributed by atoms with E-state index in [1.807, 2.05) is 6.92 Å². The van der Waals surface area contributed by atoms with Crippen LogP contribution in [-0.2, 0) is 9.53 Å². The SMILES string of the molecule is CCCCOC(=O)C1=C(C)NC(=O)N[C@H]1c1ccc(O)c(OC)c1. The molecule has 2 amide bonds. The van der Waals surface area contributed by atoms with E-state index in [4.69, 9.17) is 9.47 Å². The van der Waals surface area contributed by atoms with Crippen LogP contribution in [0.15, 0.2) is 29.5 Å².